The Bertz CT molecular complexity index is 1060. The highest BCUT2D eigenvalue weighted by atomic mass is 35.5. The summed E-state index contributed by atoms with van der Waals surface area (Å²) in [6.07, 6.45) is -8.73. The highest BCUT2D eigenvalue weighted by Gasteiger charge is 2.42. The summed E-state index contributed by atoms with van der Waals surface area (Å²) in [6, 6.07) is 7.84. The molecule has 1 aromatic carbocycles. The van der Waals surface area contributed by atoms with Crippen LogP contribution >= 0.6 is 11.6 Å². The largest absolute Gasteiger partial charge is 0.435 e. The van der Waals surface area contributed by atoms with Crippen molar-refractivity contribution in [2.75, 3.05) is 5.32 Å². The Kier molecular flexibility index (Phi) is 5.75. The molecule has 0 spiro atoms. The highest BCUT2D eigenvalue weighted by Crippen LogP contribution is 2.36. The number of benzene rings is 1. The predicted octanol–water partition coefficient (Wildman–Crippen LogP) is 5.14. The van der Waals surface area contributed by atoms with Crippen LogP contribution in [-0.2, 0) is 23.6 Å². The van der Waals surface area contributed by atoms with Gasteiger partial charge in [0.25, 0.3) is 0 Å². The first-order chi connectivity index (χ1) is 13.9. The van der Waals surface area contributed by atoms with Crippen LogP contribution in [0.1, 0.15) is 17.0 Å². The summed E-state index contributed by atoms with van der Waals surface area (Å²) < 4.78 is 77.9. The van der Waals surface area contributed by atoms with Crippen molar-refractivity contribution in [1.29, 1.82) is 0 Å². The molecular formula is C18H11ClF6N4O. The van der Waals surface area contributed by atoms with E-state index in [9.17, 15) is 31.1 Å². The average molecular weight is 449 g/mol. The smallest absolute Gasteiger partial charge is 0.326 e. The number of alkyl halides is 6. The number of hydrogen-bond donors (Lipinski definition) is 1. The maximum Gasteiger partial charge on any atom is 0.435 e. The monoisotopic (exact) mass is 448 g/mol. The number of hydrogen-bond acceptors (Lipinski definition) is 3. The Labute approximate surface area is 170 Å². The fraction of sp³-hybridized carbons (Fsp3) is 0.167. The third kappa shape index (κ3) is 4.90. The van der Waals surface area contributed by atoms with Gasteiger partial charge in [-0.15, -0.1) is 0 Å². The summed E-state index contributed by atoms with van der Waals surface area (Å²) >= 11 is 5.87. The Balaban J connectivity index is 1.81. The minimum absolute atomic E-state index is 0.0622. The van der Waals surface area contributed by atoms with E-state index in [1.54, 1.807) is 12.1 Å². The fourth-order valence-electron chi connectivity index (χ4n) is 2.53. The minimum Gasteiger partial charge on any atom is -0.326 e. The van der Waals surface area contributed by atoms with Gasteiger partial charge in [0.1, 0.15) is 10.8 Å². The molecule has 1 N–H and O–H groups in total. The number of anilines is 1. The predicted molar refractivity (Wildman–Crippen MR) is 95.1 cm³/mol. The lowest BCUT2D eigenvalue weighted by Crippen LogP contribution is -2.15. The van der Waals surface area contributed by atoms with Gasteiger partial charge in [-0.3, -0.25) is 4.79 Å². The van der Waals surface area contributed by atoms with E-state index in [1.807, 2.05) is 0 Å². The van der Waals surface area contributed by atoms with Gasteiger partial charge in [0.15, 0.2) is 5.69 Å². The number of halogens is 7. The van der Waals surface area contributed by atoms with Gasteiger partial charge in [-0.05, 0) is 35.9 Å². The Morgan fingerprint density at radius 3 is 2.27 bits per heavy atom. The second kappa shape index (κ2) is 7.98. The number of nitrogens with zero attached hydrogens (tertiary/aromatic N) is 3. The number of amides is 1. The lowest BCUT2D eigenvalue weighted by molar-refractivity contribution is -0.143. The molecule has 0 saturated carbocycles. The topological polar surface area (TPSA) is 59.8 Å². The number of aromatic nitrogens is 3. The molecule has 5 nitrogen and oxygen atoms in total. The molecule has 158 valence electrons. The first kappa shape index (κ1) is 21.6. The quantitative estimate of drug-likeness (QED) is 0.444. The molecule has 2 heterocycles. The first-order valence-electron chi connectivity index (χ1n) is 8.19. The lowest BCUT2D eigenvalue weighted by atomic mass is 10.2. The second-order valence-corrected chi connectivity index (χ2v) is 6.41. The zero-order valence-corrected chi connectivity index (χ0v) is 15.5. The van der Waals surface area contributed by atoms with Crippen molar-refractivity contribution >= 4 is 23.2 Å². The summed E-state index contributed by atoms with van der Waals surface area (Å²) in [5.41, 5.74) is -2.80. The Morgan fingerprint density at radius 2 is 1.70 bits per heavy atom. The van der Waals surface area contributed by atoms with E-state index < -0.39 is 29.6 Å². The molecule has 0 aliphatic rings. The molecule has 30 heavy (non-hydrogen) atoms. The van der Waals surface area contributed by atoms with Crippen molar-refractivity contribution in [1.82, 2.24) is 14.8 Å². The van der Waals surface area contributed by atoms with Crippen LogP contribution in [0.5, 0.6) is 0 Å². The van der Waals surface area contributed by atoms with Crippen LogP contribution in [0.3, 0.4) is 0 Å². The van der Waals surface area contributed by atoms with Crippen molar-refractivity contribution in [3.05, 3.63) is 70.8 Å². The summed E-state index contributed by atoms with van der Waals surface area (Å²) in [5, 5.41) is 5.70. The Morgan fingerprint density at radius 1 is 1.03 bits per heavy atom. The van der Waals surface area contributed by atoms with Gasteiger partial charge in [-0.2, -0.15) is 31.4 Å². The third-order valence-electron chi connectivity index (χ3n) is 3.87. The molecule has 12 heteroatoms. The van der Waals surface area contributed by atoms with Gasteiger partial charge >= 0.3 is 12.4 Å². The van der Waals surface area contributed by atoms with E-state index >= 15 is 0 Å². The van der Waals surface area contributed by atoms with Crippen molar-refractivity contribution < 1.29 is 31.1 Å². The van der Waals surface area contributed by atoms with Crippen LogP contribution in [0, 0.1) is 0 Å². The number of rotatable bonds is 4. The van der Waals surface area contributed by atoms with Gasteiger partial charge < -0.3 is 5.32 Å². The zero-order chi connectivity index (χ0) is 22.1. The zero-order valence-electron chi connectivity index (χ0n) is 14.7. The van der Waals surface area contributed by atoms with Crippen molar-refractivity contribution in [2.45, 2.75) is 18.8 Å². The maximum absolute atomic E-state index is 13.1. The van der Waals surface area contributed by atoms with E-state index in [-0.39, 0.29) is 33.7 Å². The van der Waals surface area contributed by atoms with Gasteiger partial charge in [0, 0.05) is 18.0 Å². The lowest BCUT2D eigenvalue weighted by Gasteiger charge is -2.11. The van der Waals surface area contributed by atoms with Crippen LogP contribution in [0.15, 0.2) is 48.7 Å². The number of carbonyl (C=O) groups is 1. The van der Waals surface area contributed by atoms with Crippen molar-refractivity contribution in [2.24, 2.45) is 0 Å². The van der Waals surface area contributed by atoms with Crippen molar-refractivity contribution in [3.63, 3.8) is 0 Å². The normalized spacial score (nSPS) is 12.1. The molecule has 0 atom stereocenters. The molecule has 0 aliphatic heterocycles. The van der Waals surface area contributed by atoms with E-state index in [0.717, 1.165) is 12.1 Å². The highest BCUT2D eigenvalue weighted by molar-refractivity contribution is 6.30. The average Bonchev–Trinajstić information content (AvgIpc) is 3.10. The Hall–Kier alpha value is -3.08. The van der Waals surface area contributed by atoms with Gasteiger partial charge in [-0.25, -0.2) is 9.67 Å². The van der Waals surface area contributed by atoms with Crippen LogP contribution < -0.4 is 5.32 Å². The standard InChI is InChI=1S/C18H11ClF6N4O/c19-16-10(2-1-7-26-16)8-15(30)27-11-3-5-12(6-4-11)29-14(18(23,24)25)9-13(28-29)17(20,21)22/h1-7,9H,8H2,(H,27,30). The molecule has 0 aliphatic carbocycles. The SMILES string of the molecule is O=C(Cc1cccnc1Cl)Nc1ccc(-n2nc(C(F)(F)F)cc2C(F)(F)F)cc1. The molecule has 0 unspecified atom stereocenters. The van der Waals surface area contributed by atoms with Crippen LogP contribution in [0.4, 0.5) is 32.0 Å². The maximum atomic E-state index is 13.1. The number of pyridine rings is 1. The number of carbonyl (C=O) groups excluding carboxylic acids is 1. The summed E-state index contributed by atoms with van der Waals surface area (Å²) in [6.45, 7) is 0. The molecule has 1 amide bonds. The molecule has 0 saturated heterocycles. The molecule has 3 rings (SSSR count). The third-order valence-corrected chi connectivity index (χ3v) is 4.21. The van der Waals surface area contributed by atoms with E-state index in [2.05, 4.69) is 15.4 Å². The van der Waals surface area contributed by atoms with Crippen LogP contribution in [0.2, 0.25) is 5.15 Å². The van der Waals surface area contributed by atoms with Crippen molar-refractivity contribution in [3.8, 4) is 5.69 Å². The van der Waals surface area contributed by atoms with Crippen LogP contribution in [-0.4, -0.2) is 20.7 Å². The van der Waals surface area contributed by atoms with Gasteiger partial charge in [0.05, 0.1) is 12.1 Å². The molecule has 3 aromatic rings. The summed E-state index contributed by atoms with van der Waals surface area (Å²) in [7, 11) is 0. The van der Waals surface area contributed by atoms with Crippen LogP contribution in [0.25, 0.3) is 5.69 Å². The van der Waals surface area contributed by atoms with E-state index in [4.69, 9.17) is 11.6 Å². The number of nitrogens with one attached hydrogen (secondary N) is 1. The second-order valence-electron chi connectivity index (χ2n) is 6.05. The van der Waals surface area contributed by atoms with E-state index in [1.165, 1.54) is 18.3 Å². The minimum atomic E-state index is -5.05. The summed E-state index contributed by atoms with van der Waals surface area (Å²) in [4.78, 5) is 15.9. The fourth-order valence-corrected chi connectivity index (χ4v) is 2.72. The van der Waals surface area contributed by atoms with Gasteiger partial charge in [-0.1, -0.05) is 17.7 Å². The molecular weight excluding hydrogens is 438 g/mol. The molecule has 0 bridgehead atoms. The molecule has 0 fully saturated rings. The van der Waals surface area contributed by atoms with E-state index in [0.29, 0.717) is 5.56 Å². The molecule has 0 radical (unpaired) electrons. The van der Waals surface area contributed by atoms with Gasteiger partial charge in [0.2, 0.25) is 5.91 Å². The summed E-state index contributed by atoms with van der Waals surface area (Å²) in [5.74, 6) is -0.466. The first-order valence-corrected chi connectivity index (χ1v) is 8.57. The molecule has 2 aromatic heterocycles.